The highest BCUT2D eigenvalue weighted by molar-refractivity contribution is 5.78. The number of likely N-dealkylation sites (tertiary alicyclic amines) is 1. The molecule has 2 aromatic rings. The van der Waals surface area contributed by atoms with Crippen LogP contribution in [0, 0.1) is 12.3 Å². The average Bonchev–Trinajstić information content (AvgIpc) is 3.02. The summed E-state index contributed by atoms with van der Waals surface area (Å²) in [5.74, 6) is -0.100. The zero-order chi connectivity index (χ0) is 19.0. The van der Waals surface area contributed by atoms with Crippen molar-refractivity contribution < 1.29 is 9.53 Å². The minimum Gasteiger partial charge on any atom is -0.465 e. The number of ether oxygens (including phenoxy) is 1. The summed E-state index contributed by atoms with van der Waals surface area (Å²) in [6.45, 7) is 7.17. The largest absolute Gasteiger partial charge is 0.465 e. The van der Waals surface area contributed by atoms with Crippen LogP contribution in [0.2, 0.25) is 0 Å². The number of rotatable bonds is 4. The molecule has 0 bridgehead atoms. The Morgan fingerprint density at radius 1 is 1.44 bits per heavy atom. The topological polar surface area (TPSA) is 91.7 Å². The van der Waals surface area contributed by atoms with Crippen LogP contribution in [0.5, 0.6) is 0 Å². The minimum atomic E-state index is -0.504. The summed E-state index contributed by atoms with van der Waals surface area (Å²) in [6.07, 6.45) is 2.70. The number of aromatic nitrogens is 3. The molecule has 0 spiro atoms. The number of nitrogens with zero attached hydrogens (tertiary/aromatic N) is 3. The maximum Gasteiger partial charge on any atom is 0.314 e. The summed E-state index contributed by atoms with van der Waals surface area (Å²) in [6, 6.07) is 3.60. The Bertz CT molecular complexity index is 904. The van der Waals surface area contributed by atoms with E-state index in [0.29, 0.717) is 25.3 Å². The SMILES string of the molecule is CCOC(=O)[C@]12CCCN[C@@H]1CCN(Cc1cc(=O)n3[nH]c(C)cc3n1)C2. The summed E-state index contributed by atoms with van der Waals surface area (Å²) in [7, 11) is 0. The molecule has 2 aliphatic heterocycles. The van der Waals surface area contributed by atoms with E-state index in [-0.39, 0.29) is 17.6 Å². The molecule has 2 saturated heterocycles. The lowest BCUT2D eigenvalue weighted by Crippen LogP contribution is -2.63. The van der Waals surface area contributed by atoms with E-state index in [1.807, 2.05) is 19.9 Å². The second kappa shape index (κ2) is 7.09. The Kier molecular flexibility index (Phi) is 4.77. The fourth-order valence-corrected chi connectivity index (χ4v) is 4.60. The molecule has 8 nitrogen and oxygen atoms in total. The quantitative estimate of drug-likeness (QED) is 0.772. The molecule has 2 N–H and O–H groups in total. The van der Waals surface area contributed by atoms with Gasteiger partial charge in [0.1, 0.15) is 0 Å². The maximum atomic E-state index is 12.8. The molecule has 0 aromatic carbocycles. The van der Waals surface area contributed by atoms with E-state index in [0.717, 1.165) is 43.7 Å². The number of carbonyl (C=O) groups excluding carboxylic acids is 1. The fourth-order valence-electron chi connectivity index (χ4n) is 4.60. The van der Waals surface area contributed by atoms with Gasteiger partial charge < -0.3 is 10.1 Å². The van der Waals surface area contributed by atoms with Gasteiger partial charge in [0, 0.05) is 43.5 Å². The van der Waals surface area contributed by atoms with Gasteiger partial charge in [-0.25, -0.2) is 9.50 Å². The third-order valence-corrected chi connectivity index (χ3v) is 5.80. The van der Waals surface area contributed by atoms with Crippen molar-refractivity contribution in [3.63, 3.8) is 0 Å². The van der Waals surface area contributed by atoms with Crippen molar-refractivity contribution in [3.8, 4) is 0 Å². The number of fused-ring (bicyclic) bond motifs is 2. The highest BCUT2D eigenvalue weighted by Gasteiger charge is 2.51. The molecule has 2 aliphatic rings. The monoisotopic (exact) mass is 373 g/mol. The number of esters is 1. The lowest BCUT2D eigenvalue weighted by Gasteiger charge is -2.49. The van der Waals surface area contributed by atoms with Gasteiger partial charge in [-0.1, -0.05) is 0 Å². The van der Waals surface area contributed by atoms with Gasteiger partial charge in [0.15, 0.2) is 5.65 Å². The van der Waals surface area contributed by atoms with Crippen LogP contribution >= 0.6 is 0 Å². The normalized spacial score (nSPS) is 26.1. The molecule has 0 radical (unpaired) electrons. The number of piperidine rings is 2. The lowest BCUT2D eigenvalue weighted by atomic mass is 9.70. The van der Waals surface area contributed by atoms with Crippen LogP contribution in [-0.4, -0.2) is 57.8 Å². The lowest BCUT2D eigenvalue weighted by molar-refractivity contribution is -0.164. The summed E-state index contributed by atoms with van der Waals surface area (Å²) >= 11 is 0. The first-order valence-electron chi connectivity index (χ1n) is 9.73. The summed E-state index contributed by atoms with van der Waals surface area (Å²) in [4.78, 5) is 32.0. The second-order valence-electron chi connectivity index (χ2n) is 7.70. The third kappa shape index (κ3) is 3.27. The number of hydrogen-bond acceptors (Lipinski definition) is 6. The maximum absolute atomic E-state index is 12.8. The van der Waals surface area contributed by atoms with E-state index >= 15 is 0 Å². The van der Waals surface area contributed by atoms with Crippen LogP contribution in [-0.2, 0) is 16.1 Å². The third-order valence-electron chi connectivity index (χ3n) is 5.80. The molecule has 146 valence electrons. The van der Waals surface area contributed by atoms with E-state index in [1.165, 1.54) is 4.52 Å². The molecule has 0 amide bonds. The summed E-state index contributed by atoms with van der Waals surface area (Å²) in [5.41, 5.74) is 1.64. The van der Waals surface area contributed by atoms with Gasteiger partial charge >= 0.3 is 5.97 Å². The number of carbonyl (C=O) groups is 1. The Morgan fingerprint density at radius 2 is 2.30 bits per heavy atom. The minimum absolute atomic E-state index is 0.100. The van der Waals surface area contributed by atoms with Gasteiger partial charge in [0.25, 0.3) is 5.56 Å². The van der Waals surface area contributed by atoms with Crippen molar-refractivity contribution in [1.29, 1.82) is 0 Å². The van der Waals surface area contributed by atoms with Crippen LogP contribution < -0.4 is 10.9 Å². The average molecular weight is 373 g/mol. The van der Waals surface area contributed by atoms with Crippen LogP contribution in [0.25, 0.3) is 5.65 Å². The highest BCUT2D eigenvalue weighted by atomic mass is 16.5. The molecule has 27 heavy (non-hydrogen) atoms. The molecular formula is C19H27N5O3. The Labute approximate surface area is 157 Å². The molecule has 0 saturated carbocycles. The number of aryl methyl sites for hydroxylation is 1. The molecule has 8 heteroatoms. The molecule has 2 fully saturated rings. The number of nitrogens with one attached hydrogen (secondary N) is 2. The number of H-pyrrole nitrogens is 1. The number of aromatic amines is 1. The van der Waals surface area contributed by atoms with Crippen molar-refractivity contribution in [3.05, 3.63) is 33.9 Å². The van der Waals surface area contributed by atoms with Gasteiger partial charge in [-0.3, -0.25) is 19.6 Å². The first-order valence-corrected chi connectivity index (χ1v) is 9.73. The molecule has 0 aliphatic carbocycles. The molecule has 4 rings (SSSR count). The molecule has 0 unspecified atom stereocenters. The smallest absolute Gasteiger partial charge is 0.314 e. The molecule has 2 aromatic heterocycles. The van der Waals surface area contributed by atoms with Crippen molar-refractivity contribution >= 4 is 11.6 Å². The predicted octanol–water partition coefficient (Wildman–Crippen LogP) is 0.838. The van der Waals surface area contributed by atoms with Gasteiger partial charge in [-0.05, 0) is 39.7 Å². The first-order chi connectivity index (χ1) is 13.0. The zero-order valence-corrected chi connectivity index (χ0v) is 16.0. The van der Waals surface area contributed by atoms with Crippen molar-refractivity contribution in [2.24, 2.45) is 5.41 Å². The van der Waals surface area contributed by atoms with Crippen molar-refractivity contribution in [2.75, 3.05) is 26.2 Å². The van der Waals surface area contributed by atoms with Gasteiger partial charge in [0.2, 0.25) is 0 Å². The first kappa shape index (κ1) is 18.2. The standard InChI is InChI=1S/C19H27N5O3/c1-3-27-18(26)19-6-4-7-20-15(19)5-8-23(12-19)11-14-10-17(25)24-16(21-14)9-13(2)22-24/h9-10,15,20,22H,3-8,11-12H2,1-2H3/t15-,19+/m1/s1. The van der Waals surface area contributed by atoms with E-state index in [9.17, 15) is 9.59 Å². The van der Waals surface area contributed by atoms with Gasteiger partial charge in [-0.15, -0.1) is 0 Å². The van der Waals surface area contributed by atoms with Gasteiger partial charge in [-0.2, -0.15) is 0 Å². The predicted molar refractivity (Wildman–Crippen MR) is 101 cm³/mol. The van der Waals surface area contributed by atoms with Crippen LogP contribution in [0.15, 0.2) is 16.9 Å². The zero-order valence-electron chi connectivity index (χ0n) is 16.0. The van der Waals surface area contributed by atoms with E-state index in [2.05, 4.69) is 20.3 Å². The highest BCUT2D eigenvalue weighted by Crippen LogP contribution is 2.39. The summed E-state index contributed by atoms with van der Waals surface area (Å²) in [5, 5.41) is 6.51. The van der Waals surface area contributed by atoms with Crippen molar-refractivity contribution in [2.45, 2.75) is 45.7 Å². The van der Waals surface area contributed by atoms with E-state index < -0.39 is 5.41 Å². The summed E-state index contributed by atoms with van der Waals surface area (Å²) < 4.78 is 6.90. The van der Waals surface area contributed by atoms with Crippen LogP contribution in [0.3, 0.4) is 0 Å². The Hall–Kier alpha value is -2.19. The molecule has 4 heterocycles. The molecular weight excluding hydrogens is 346 g/mol. The Morgan fingerprint density at radius 3 is 3.11 bits per heavy atom. The van der Waals surface area contributed by atoms with Crippen LogP contribution in [0.1, 0.15) is 37.6 Å². The second-order valence-corrected chi connectivity index (χ2v) is 7.70. The Balaban J connectivity index is 1.58. The van der Waals surface area contributed by atoms with E-state index in [4.69, 9.17) is 4.74 Å². The van der Waals surface area contributed by atoms with Crippen LogP contribution in [0.4, 0.5) is 0 Å². The van der Waals surface area contributed by atoms with Crippen molar-refractivity contribution in [1.82, 2.24) is 24.8 Å². The van der Waals surface area contributed by atoms with E-state index in [1.54, 1.807) is 6.07 Å². The fraction of sp³-hybridized carbons (Fsp3) is 0.632. The molecule has 2 atom stereocenters. The van der Waals surface area contributed by atoms with Gasteiger partial charge in [0.05, 0.1) is 17.7 Å². The number of hydrogen-bond donors (Lipinski definition) is 2.